The Morgan fingerprint density at radius 1 is 1.79 bits per heavy atom. The zero-order chi connectivity index (χ0) is 10.8. The van der Waals surface area contributed by atoms with E-state index in [0.717, 1.165) is 8.79 Å². The molecule has 0 atom stereocenters. The van der Waals surface area contributed by atoms with Crippen LogP contribution in [0.3, 0.4) is 0 Å². The van der Waals surface area contributed by atoms with E-state index in [2.05, 4.69) is 20.9 Å². The number of hydrogen-bond acceptors (Lipinski definition) is 4. The highest BCUT2D eigenvalue weighted by atomic mass is 79.9. The summed E-state index contributed by atoms with van der Waals surface area (Å²) >= 11 is 4.83. The molecule has 0 fully saturated rings. The SMILES string of the molecule is CC(C)(Cc1ncc(Br)s1)OC(N)=O. The van der Waals surface area contributed by atoms with Crippen molar-refractivity contribution in [1.29, 1.82) is 0 Å². The van der Waals surface area contributed by atoms with Crippen LogP contribution in [0.2, 0.25) is 0 Å². The van der Waals surface area contributed by atoms with Crippen molar-refractivity contribution in [3.05, 3.63) is 15.0 Å². The Balaban J connectivity index is 2.63. The maximum absolute atomic E-state index is 10.6. The Labute approximate surface area is 94.6 Å². The Kier molecular flexibility index (Phi) is 3.49. The second-order valence-corrected chi connectivity index (χ2v) is 5.91. The average Bonchev–Trinajstić information content (AvgIpc) is 2.30. The van der Waals surface area contributed by atoms with Gasteiger partial charge in [0.2, 0.25) is 0 Å². The zero-order valence-corrected chi connectivity index (χ0v) is 10.3. The smallest absolute Gasteiger partial charge is 0.405 e. The van der Waals surface area contributed by atoms with E-state index in [1.54, 1.807) is 20.0 Å². The largest absolute Gasteiger partial charge is 0.443 e. The highest BCUT2D eigenvalue weighted by Crippen LogP contribution is 2.24. The third-order valence-electron chi connectivity index (χ3n) is 1.48. The normalized spacial score (nSPS) is 11.4. The van der Waals surface area contributed by atoms with Gasteiger partial charge >= 0.3 is 6.09 Å². The fourth-order valence-electron chi connectivity index (χ4n) is 1.04. The molecule has 1 amide bonds. The summed E-state index contributed by atoms with van der Waals surface area (Å²) in [4.78, 5) is 14.7. The van der Waals surface area contributed by atoms with Gasteiger partial charge in [0, 0.05) is 6.42 Å². The lowest BCUT2D eigenvalue weighted by Crippen LogP contribution is -2.33. The van der Waals surface area contributed by atoms with Crippen LogP contribution in [0.15, 0.2) is 9.98 Å². The molecule has 0 aliphatic rings. The summed E-state index contributed by atoms with van der Waals surface area (Å²) in [6, 6.07) is 0. The molecule has 0 saturated carbocycles. The number of rotatable bonds is 3. The molecule has 1 aromatic heterocycles. The van der Waals surface area contributed by atoms with Gasteiger partial charge in [0.25, 0.3) is 0 Å². The molecular weight excluding hydrogens is 268 g/mol. The molecule has 0 bridgehead atoms. The molecule has 1 aromatic rings. The zero-order valence-electron chi connectivity index (χ0n) is 7.91. The van der Waals surface area contributed by atoms with E-state index in [1.165, 1.54) is 11.3 Å². The van der Waals surface area contributed by atoms with Gasteiger partial charge < -0.3 is 10.5 Å². The minimum Gasteiger partial charge on any atom is -0.443 e. The number of nitrogens with two attached hydrogens (primary N) is 1. The van der Waals surface area contributed by atoms with E-state index in [9.17, 15) is 4.79 Å². The van der Waals surface area contributed by atoms with E-state index in [0.29, 0.717) is 6.42 Å². The van der Waals surface area contributed by atoms with Crippen LogP contribution in [-0.4, -0.2) is 16.7 Å². The number of ether oxygens (including phenoxy) is 1. The summed E-state index contributed by atoms with van der Waals surface area (Å²) in [7, 11) is 0. The van der Waals surface area contributed by atoms with Crippen molar-refractivity contribution in [3.8, 4) is 0 Å². The van der Waals surface area contributed by atoms with Crippen molar-refractivity contribution < 1.29 is 9.53 Å². The highest BCUT2D eigenvalue weighted by molar-refractivity contribution is 9.11. The lowest BCUT2D eigenvalue weighted by Gasteiger charge is -2.22. The van der Waals surface area contributed by atoms with E-state index in [4.69, 9.17) is 10.5 Å². The Morgan fingerprint density at radius 3 is 2.86 bits per heavy atom. The number of hydrogen-bond donors (Lipinski definition) is 1. The predicted molar refractivity (Wildman–Crippen MR) is 58.3 cm³/mol. The van der Waals surface area contributed by atoms with Gasteiger partial charge in [-0.3, -0.25) is 0 Å². The molecule has 0 aliphatic carbocycles. The summed E-state index contributed by atoms with van der Waals surface area (Å²) in [5.41, 5.74) is 4.34. The fraction of sp³-hybridized carbons (Fsp3) is 0.500. The van der Waals surface area contributed by atoms with Crippen LogP contribution in [0, 0.1) is 0 Å². The first kappa shape index (κ1) is 11.5. The summed E-state index contributed by atoms with van der Waals surface area (Å²) in [6.07, 6.45) is 1.53. The minimum absolute atomic E-state index is 0.562. The van der Waals surface area contributed by atoms with Gasteiger partial charge in [-0.25, -0.2) is 9.78 Å². The van der Waals surface area contributed by atoms with Crippen molar-refractivity contribution in [2.24, 2.45) is 5.73 Å². The second kappa shape index (κ2) is 4.27. The molecule has 4 nitrogen and oxygen atoms in total. The summed E-state index contributed by atoms with van der Waals surface area (Å²) < 4.78 is 5.90. The lowest BCUT2D eigenvalue weighted by atomic mass is 10.1. The van der Waals surface area contributed by atoms with E-state index in [1.807, 2.05) is 0 Å². The summed E-state index contributed by atoms with van der Waals surface area (Å²) in [5.74, 6) is 0. The summed E-state index contributed by atoms with van der Waals surface area (Å²) in [6.45, 7) is 3.60. The molecule has 2 N–H and O–H groups in total. The molecule has 1 rings (SSSR count). The lowest BCUT2D eigenvalue weighted by molar-refractivity contribution is 0.0460. The molecule has 0 spiro atoms. The van der Waals surface area contributed by atoms with Crippen LogP contribution in [0.25, 0.3) is 0 Å². The first-order valence-electron chi connectivity index (χ1n) is 3.98. The number of carbonyl (C=O) groups is 1. The maximum atomic E-state index is 10.6. The van der Waals surface area contributed by atoms with Gasteiger partial charge in [-0.1, -0.05) is 0 Å². The molecule has 0 saturated heterocycles. The van der Waals surface area contributed by atoms with E-state index in [-0.39, 0.29) is 0 Å². The predicted octanol–water partition coefficient (Wildman–Crippen LogP) is 2.32. The van der Waals surface area contributed by atoms with Crippen molar-refractivity contribution in [3.63, 3.8) is 0 Å². The van der Waals surface area contributed by atoms with Crippen LogP contribution < -0.4 is 5.73 Å². The van der Waals surface area contributed by atoms with Gasteiger partial charge in [0.15, 0.2) is 0 Å². The third-order valence-corrected chi connectivity index (χ3v) is 2.96. The molecule has 1 heterocycles. The minimum atomic E-state index is -0.759. The average molecular weight is 279 g/mol. The number of halogens is 1. The van der Waals surface area contributed by atoms with Gasteiger partial charge in [0.05, 0.1) is 15.0 Å². The standard InChI is InChI=1S/C8H11BrN2O2S/c1-8(2,13-7(10)12)3-6-11-4-5(9)14-6/h4H,3H2,1-2H3,(H2,10,12). The van der Waals surface area contributed by atoms with Crippen LogP contribution in [0.5, 0.6) is 0 Å². The van der Waals surface area contributed by atoms with Gasteiger partial charge in [-0.2, -0.15) is 0 Å². The number of amides is 1. The van der Waals surface area contributed by atoms with Gasteiger partial charge in [0.1, 0.15) is 5.60 Å². The number of carbonyl (C=O) groups excluding carboxylic acids is 1. The van der Waals surface area contributed by atoms with Crippen LogP contribution in [0.1, 0.15) is 18.9 Å². The summed E-state index contributed by atoms with van der Waals surface area (Å²) in [5, 5.41) is 0.906. The van der Waals surface area contributed by atoms with E-state index >= 15 is 0 Å². The van der Waals surface area contributed by atoms with Crippen molar-refractivity contribution in [2.75, 3.05) is 0 Å². The van der Waals surface area contributed by atoms with Crippen molar-refractivity contribution in [2.45, 2.75) is 25.9 Å². The first-order valence-corrected chi connectivity index (χ1v) is 5.59. The molecule has 6 heteroatoms. The Bertz CT molecular complexity index is 338. The number of nitrogens with zero attached hydrogens (tertiary/aromatic N) is 1. The van der Waals surface area contributed by atoms with E-state index < -0.39 is 11.7 Å². The number of aromatic nitrogens is 1. The fourth-order valence-corrected chi connectivity index (χ4v) is 2.56. The number of thiazole rings is 1. The maximum Gasteiger partial charge on any atom is 0.405 e. The Morgan fingerprint density at radius 2 is 2.43 bits per heavy atom. The first-order chi connectivity index (χ1) is 6.39. The molecule has 0 radical (unpaired) electrons. The molecule has 14 heavy (non-hydrogen) atoms. The quantitative estimate of drug-likeness (QED) is 0.923. The van der Waals surface area contributed by atoms with Crippen molar-refractivity contribution in [1.82, 2.24) is 4.98 Å². The van der Waals surface area contributed by atoms with Crippen molar-refractivity contribution >= 4 is 33.4 Å². The molecule has 0 aliphatic heterocycles. The Hall–Kier alpha value is -0.620. The molecule has 0 unspecified atom stereocenters. The van der Waals surface area contributed by atoms with Crippen LogP contribution >= 0.6 is 27.3 Å². The molecule has 78 valence electrons. The van der Waals surface area contributed by atoms with Crippen LogP contribution in [0.4, 0.5) is 4.79 Å². The monoisotopic (exact) mass is 278 g/mol. The third kappa shape index (κ3) is 3.63. The topological polar surface area (TPSA) is 65.2 Å². The molecular formula is C8H11BrN2O2S. The van der Waals surface area contributed by atoms with Crippen LogP contribution in [-0.2, 0) is 11.2 Å². The van der Waals surface area contributed by atoms with Gasteiger partial charge in [-0.15, -0.1) is 11.3 Å². The number of primary amides is 1. The highest BCUT2D eigenvalue weighted by Gasteiger charge is 2.23. The molecule has 0 aromatic carbocycles. The van der Waals surface area contributed by atoms with Gasteiger partial charge in [-0.05, 0) is 29.8 Å². The second-order valence-electron chi connectivity index (χ2n) is 3.42.